The molecule has 0 unspecified atom stereocenters. The lowest BCUT2D eigenvalue weighted by Crippen LogP contribution is -2.23. The normalized spacial score (nSPS) is 10.9. The molecule has 1 N–H and O–H groups in total. The smallest absolute Gasteiger partial charge is 0.163 e. The Hall–Kier alpha value is -2.14. The topological polar surface area (TPSA) is 44.3 Å². The molecule has 0 aliphatic carbocycles. The highest BCUT2D eigenvalue weighted by Gasteiger charge is 2.10. The first kappa shape index (κ1) is 18.2. The first-order chi connectivity index (χ1) is 11.6. The molecule has 0 fully saturated rings. The van der Waals surface area contributed by atoms with Gasteiger partial charge in [-0.1, -0.05) is 30.3 Å². The fourth-order valence-electron chi connectivity index (χ4n) is 2.56. The van der Waals surface area contributed by atoms with Gasteiger partial charge in [0.15, 0.2) is 5.82 Å². The van der Waals surface area contributed by atoms with Crippen molar-refractivity contribution in [3.8, 4) is 11.4 Å². The summed E-state index contributed by atoms with van der Waals surface area (Å²) in [6, 6.07) is 12.2. The molecule has 2 aromatic rings. The van der Waals surface area contributed by atoms with Gasteiger partial charge in [-0.25, -0.2) is 9.97 Å². The Labute approximate surface area is 145 Å². The standard InChI is InChI=1S/C19H29N5/c1-5-24(6-2)18-15-17(20-13-10-14-23(3)4)21-19(22-18)16-11-8-7-9-12-16/h7-9,11-12,15H,5-6,10,13-14H2,1-4H3,(H,20,21,22). The van der Waals surface area contributed by atoms with Crippen LogP contribution < -0.4 is 10.2 Å². The highest BCUT2D eigenvalue weighted by atomic mass is 15.2. The van der Waals surface area contributed by atoms with Gasteiger partial charge in [0.1, 0.15) is 11.6 Å². The first-order valence-electron chi connectivity index (χ1n) is 8.72. The van der Waals surface area contributed by atoms with Gasteiger partial charge in [-0.3, -0.25) is 0 Å². The molecule has 130 valence electrons. The second-order valence-corrected chi connectivity index (χ2v) is 6.06. The third-order valence-electron chi connectivity index (χ3n) is 3.92. The summed E-state index contributed by atoms with van der Waals surface area (Å²) in [5, 5.41) is 3.45. The van der Waals surface area contributed by atoms with E-state index >= 15 is 0 Å². The number of benzene rings is 1. The van der Waals surface area contributed by atoms with Crippen molar-refractivity contribution in [2.75, 3.05) is 50.5 Å². The molecule has 0 saturated carbocycles. The van der Waals surface area contributed by atoms with Crippen LogP contribution >= 0.6 is 0 Å². The number of anilines is 2. The van der Waals surface area contributed by atoms with E-state index < -0.39 is 0 Å². The first-order valence-corrected chi connectivity index (χ1v) is 8.72. The number of aromatic nitrogens is 2. The van der Waals surface area contributed by atoms with Gasteiger partial charge >= 0.3 is 0 Å². The fraction of sp³-hybridized carbons (Fsp3) is 0.474. The molecule has 0 atom stereocenters. The SMILES string of the molecule is CCN(CC)c1cc(NCCCN(C)C)nc(-c2ccccc2)n1. The van der Waals surface area contributed by atoms with Crippen LogP contribution in [0.1, 0.15) is 20.3 Å². The van der Waals surface area contributed by atoms with E-state index in [4.69, 9.17) is 9.97 Å². The van der Waals surface area contributed by atoms with Crippen molar-refractivity contribution in [2.45, 2.75) is 20.3 Å². The van der Waals surface area contributed by atoms with Gasteiger partial charge in [-0.05, 0) is 40.9 Å². The van der Waals surface area contributed by atoms with E-state index in [1.54, 1.807) is 0 Å². The minimum atomic E-state index is 0.773. The molecule has 0 saturated heterocycles. The average Bonchev–Trinajstić information content (AvgIpc) is 2.60. The molecular formula is C19H29N5. The van der Waals surface area contributed by atoms with Crippen molar-refractivity contribution < 1.29 is 0 Å². The number of rotatable bonds is 9. The number of hydrogen-bond acceptors (Lipinski definition) is 5. The zero-order chi connectivity index (χ0) is 17.4. The Morgan fingerprint density at radius 1 is 1.00 bits per heavy atom. The van der Waals surface area contributed by atoms with Crippen molar-refractivity contribution in [1.29, 1.82) is 0 Å². The molecule has 0 aliphatic rings. The van der Waals surface area contributed by atoms with Crippen LogP contribution in [0.5, 0.6) is 0 Å². The quantitative estimate of drug-likeness (QED) is 0.716. The van der Waals surface area contributed by atoms with E-state index in [9.17, 15) is 0 Å². The fourth-order valence-corrected chi connectivity index (χ4v) is 2.56. The van der Waals surface area contributed by atoms with E-state index in [-0.39, 0.29) is 0 Å². The van der Waals surface area contributed by atoms with Crippen molar-refractivity contribution >= 4 is 11.6 Å². The van der Waals surface area contributed by atoms with Gasteiger partial charge in [0.05, 0.1) is 0 Å². The maximum Gasteiger partial charge on any atom is 0.163 e. The third kappa shape index (κ3) is 5.20. The lowest BCUT2D eigenvalue weighted by molar-refractivity contribution is 0.405. The Morgan fingerprint density at radius 3 is 2.33 bits per heavy atom. The monoisotopic (exact) mass is 327 g/mol. The summed E-state index contributed by atoms with van der Waals surface area (Å²) >= 11 is 0. The van der Waals surface area contributed by atoms with Crippen LogP contribution in [0.15, 0.2) is 36.4 Å². The second-order valence-electron chi connectivity index (χ2n) is 6.06. The molecule has 1 aromatic carbocycles. The van der Waals surface area contributed by atoms with Crippen LogP contribution in [-0.4, -0.2) is 55.1 Å². The lowest BCUT2D eigenvalue weighted by Gasteiger charge is -2.21. The lowest BCUT2D eigenvalue weighted by atomic mass is 10.2. The minimum absolute atomic E-state index is 0.773. The van der Waals surface area contributed by atoms with Gasteiger partial charge in [0.2, 0.25) is 0 Å². The summed E-state index contributed by atoms with van der Waals surface area (Å²) in [6.45, 7) is 8.13. The van der Waals surface area contributed by atoms with Crippen LogP contribution in [-0.2, 0) is 0 Å². The average molecular weight is 327 g/mol. The maximum atomic E-state index is 4.77. The van der Waals surface area contributed by atoms with Gasteiger partial charge in [-0.2, -0.15) is 0 Å². The largest absolute Gasteiger partial charge is 0.370 e. The van der Waals surface area contributed by atoms with Gasteiger partial charge in [-0.15, -0.1) is 0 Å². The van der Waals surface area contributed by atoms with Crippen LogP contribution in [0.3, 0.4) is 0 Å². The van der Waals surface area contributed by atoms with Crippen LogP contribution in [0.2, 0.25) is 0 Å². The second kappa shape index (κ2) is 9.23. The molecular weight excluding hydrogens is 298 g/mol. The van der Waals surface area contributed by atoms with Crippen molar-refractivity contribution in [3.63, 3.8) is 0 Å². The predicted molar refractivity (Wildman–Crippen MR) is 103 cm³/mol. The Balaban J connectivity index is 2.23. The Morgan fingerprint density at radius 2 is 1.71 bits per heavy atom. The Kier molecular flexibility index (Phi) is 7.00. The van der Waals surface area contributed by atoms with E-state index in [0.29, 0.717) is 0 Å². The number of nitrogens with one attached hydrogen (secondary N) is 1. The summed E-state index contributed by atoms with van der Waals surface area (Å²) in [7, 11) is 4.19. The molecule has 2 rings (SSSR count). The predicted octanol–water partition coefficient (Wildman–Crippen LogP) is 3.35. The zero-order valence-electron chi connectivity index (χ0n) is 15.3. The summed E-state index contributed by atoms with van der Waals surface area (Å²) in [6.07, 6.45) is 1.08. The van der Waals surface area contributed by atoms with Crippen molar-refractivity contribution in [2.24, 2.45) is 0 Å². The van der Waals surface area contributed by atoms with E-state index in [2.05, 4.69) is 61.3 Å². The molecule has 0 aliphatic heterocycles. The molecule has 1 heterocycles. The van der Waals surface area contributed by atoms with E-state index in [1.165, 1.54) is 0 Å². The van der Waals surface area contributed by atoms with E-state index in [1.807, 2.05) is 18.2 Å². The molecule has 0 radical (unpaired) electrons. The Bertz CT molecular complexity index is 608. The molecule has 1 aromatic heterocycles. The summed E-state index contributed by atoms with van der Waals surface area (Å²) in [5.41, 5.74) is 1.04. The summed E-state index contributed by atoms with van der Waals surface area (Å²) in [4.78, 5) is 13.9. The molecule has 0 spiro atoms. The van der Waals surface area contributed by atoms with Crippen LogP contribution in [0, 0.1) is 0 Å². The van der Waals surface area contributed by atoms with Crippen molar-refractivity contribution in [3.05, 3.63) is 36.4 Å². The van der Waals surface area contributed by atoms with Gasteiger partial charge in [0, 0.05) is 31.3 Å². The number of hydrogen-bond donors (Lipinski definition) is 1. The highest BCUT2D eigenvalue weighted by molar-refractivity contribution is 5.61. The van der Waals surface area contributed by atoms with Crippen LogP contribution in [0.4, 0.5) is 11.6 Å². The molecule has 5 heteroatoms. The molecule has 24 heavy (non-hydrogen) atoms. The highest BCUT2D eigenvalue weighted by Crippen LogP contribution is 2.22. The maximum absolute atomic E-state index is 4.77. The molecule has 0 amide bonds. The van der Waals surface area contributed by atoms with Crippen molar-refractivity contribution in [1.82, 2.24) is 14.9 Å². The van der Waals surface area contributed by atoms with Gasteiger partial charge < -0.3 is 15.1 Å². The van der Waals surface area contributed by atoms with Gasteiger partial charge in [0.25, 0.3) is 0 Å². The summed E-state index contributed by atoms with van der Waals surface area (Å²) < 4.78 is 0. The number of nitrogens with zero attached hydrogens (tertiary/aromatic N) is 4. The minimum Gasteiger partial charge on any atom is -0.370 e. The zero-order valence-corrected chi connectivity index (χ0v) is 15.3. The van der Waals surface area contributed by atoms with E-state index in [0.717, 1.165) is 55.6 Å². The molecule has 0 bridgehead atoms. The summed E-state index contributed by atoms with van der Waals surface area (Å²) in [5.74, 6) is 2.64. The third-order valence-corrected chi connectivity index (χ3v) is 3.92. The van der Waals surface area contributed by atoms with Crippen LogP contribution in [0.25, 0.3) is 11.4 Å². The molecule has 5 nitrogen and oxygen atoms in total.